The maximum atomic E-state index is 5.44. The van der Waals surface area contributed by atoms with E-state index in [4.69, 9.17) is 14.2 Å². The monoisotopic (exact) mass is 358 g/mol. The zero-order chi connectivity index (χ0) is 17.9. The molecular formula is C18H26N6O2. The number of hydrogen-bond acceptors (Lipinski definition) is 8. The van der Waals surface area contributed by atoms with Gasteiger partial charge in [-0.25, -0.2) is 4.98 Å². The van der Waals surface area contributed by atoms with Gasteiger partial charge in [-0.15, -0.1) is 0 Å². The Bertz CT molecular complexity index is 735. The van der Waals surface area contributed by atoms with Crippen molar-refractivity contribution in [3.05, 3.63) is 29.3 Å². The summed E-state index contributed by atoms with van der Waals surface area (Å²) < 4.78 is 10.6. The van der Waals surface area contributed by atoms with Gasteiger partial charge in [-0.3, -0.25) is 4.90 Å². The summed E-state index contributed by atoms with van der Waals surface area (Å²) in [5, 5.41) is 3.87. The zero-order valence-corrected chi connectivity index (χ0v) is 15.5. The van der Waals surface area contributed by atoms with E-state index in [9.17, 15) is 0 Å². The van der Waals surface area contributed by atoms with Crippen molar-refractivity contribution in [1.29, 1.82) is 0 Å². The van der Waals surface area contributed by atoms with Crippen molar-refractivity contribution in [1.82, 2.24) is 20.0 Å². The first-order chi connectivity index (χ1) is 12.7. The van der Waals surface area contributed by atoms with Gasteiger partial charge in [0.05, 0.1) is 19.4 Å². The van der Waals surface area contributed by atoms with E-state index in [1.807, 2.05) is 20.0 Å². The average Bonchev–Trinajstić information content (AvgIpc) is 3.07. The minimum Gasteiger partial charge on any atom is -0.378 e. The van der Waals surface area contributed by atoms with E-state index in [-0.39, 0.29) is 0 Å². The second-order valence-corrected chi connectivity index (χ2v) is 6.94. The molecule has 0 unspecified atom stereocenters. The number of piperazine rings is 1. The summed E-state index contributed by atoms with van der Waals surface area (Å²) in [5.41, 5.74) is 2.19. The third kappa shape index (κ3) is 3.81. The Kier molecular flexibility index (Phi) is 5.03. The van der Waals surface area contributed by atoms with Crippen LogP contribution in [0.2, 0.25) is 0 Å². The van der Waals surface area contributed by atoms with Crippen LogP contribution in [-0.4, -0.2) is 72.5 Å². The average molecular weight is 358 g/mol. The molecule has 8 nitrogen and oxygen atoms in total. The minimum atomic E-state index is 0.744. The van der Waals surface area contributed by atoms with E-state index < -0.39 is 0 Å². The molecule has 140 valence electrons. The van der Waals surface area contributed by atoms with Gasteiger partial charge in [-0.05, 0) is 13.8 Å². The number of anilines is 2. The summed E-state index contributed by atoms with van der Waals surface area (Å²) in [7, 11) is 0. The second kappa shape index (κ2) is 7.59. The van der Waals surface area contributed by atoms with Gasteiger partial charge in [0.15, 0.2) is 0 Å². The van der Waals surface area contributed by atoms with Gasteiger partial charge < -0.3 is 19.1 Å². The first-order valence-corrected chi connectivity index (χ1v) is 9.25. The van der Waals surface area contributed by atoms with E-state index in [0.29, 0.717) is 0 Å². The number of hydrogen-bond donors (Lipinski definition) is 0. The molecule has 2 fully saturated rings. The second-order valence-electron chi connectivity index (χ2n) is 6.94. The summed E-state index contributed by atoms with van der Waals surface area (Å²) >= 11 is 0. The van der Waals surface area contributed by atoms with Crippen molar-refractivity contribution >= 4 is 11.8 Å². The molecule has 4 heterocycles. The fourth-order valence-corrected chi connectivity index (χ4v) is 3.45. The van der Waals surface area contributed by atoms with Crippen LogP contribution >= 0.6 is 0 Å². The van der Waals surface area contributed by atoms with Crippen LogP contribution in [0.4, 0.5) is 11.8 Å². The molecule has 4 rings (SSSR count). The molecule has 0 aromatic carbocycles. The van der Waals surface area contributed by atoms with E-state index >= 15 is 0 Å². The quantitative estimate of drug-likeness (QED) is 0.809. The van der Waals surface area contributed by atoms with E-state index in [2.05, 4.69) is 30.9 Å². The van der Waals surface area contributed by atoms with Crippen LogP contribution in [0.25, 0.3) is 0 Å². The molecule has 2 aliphatic rings. The lowest BCUT2D eigenvalue weighted by Gasteiger charge is -2.36. The lowest BCUT2D eigenvalue weighted by molar-refractivity contribution is 0.122. The van der Waals surface area contributed by atoms with Crippen LogP contribution in [0.3, 0.4) is 0 Å². The summed E-state index contributed by atoms with van der Waals surface area (Å²) in [6.07, 6.45) is 1.82. The molecule has 0 saturated carbocycles. The summed E-state index contributed by atoms with van der Waals surface area (Å²) in [6.45, 7) is 12.0. The molecular weight excluding hydrogens is 332 g/mol. The first-order valence-electron chi connectivity index (χ1n) is 9.25. The molecule has 2 saturated heterocycles. The highest BCUT2D eigenvalue weighted by Crippen LogP contribution is 2.20. The molecule has 8 heteroatoms. The zero-order valence-electron chi connectivity index (χ0n) is 15.5. The van der Waals surface area contributed by atoms with Crippen LogP contribution in [0, 0.1) is 13.8 Å². The topological polar surface area (TPSA) is 70.8 Å². The Morgan fingerprint density at radius 3 is 2.42 bits per heavy atom. The van der Waals surface area contributed by atoms with Crippen LogP contribution in [0.15, 0.2) is 16.8 Å². The Morgan fingerprint density at radius 1 is 0.962 bits per heavy atom. The fraction of sp³-hybridized carbons (Fsp3) is 0.611. The Hall–Kier alpha value is -2.19. The van der Waals surface area contributed by atoms with Gasteiger partial charge in [-0.1, -0.05) is 5.16 Å². The van der Waals surface area contributed by atoms with Gasteiger partial charge >= 0.3 is 0 Å². The number of aromatic nitrogens is 3. The third-order valence-electron chi connectivity index (χ3n) is 5.06. The predicted molar refractivity (Wildman–Crippen MR) is 98.5 cm³/mol. The molecule has 2 aromatic rings. The standard InChI is InChI=1S/C18H26N6O2/c1-14-11-17(21-18(20-14)24-7-9-25-10-8-24)23-5-3-22(4-6-23)13-16-12-19-26-15(16)2/h11-12H,3-10,13H2,1-2H3. The summed E-state index contributed by atoms with van der Waals surface area (Å²) in [4.78, 5) is 16.5. The first kappa shape index (κ1) is 17.2. The number of aryl methyl sites for hydroxylation is 2. The molecule has 0 N–H and O–H groups in total. The largest absolute Gasteiger partial charge is 0.378 e. The minimum absolute atomic E-state index is 0.744. The molecule has 0 bridgehead atoms. The van der Waals surface area contributed by atoms with E-state index in [1.165, 1.54) is 5.56 Å². The Morgan fingerprint density at radius 2 is 1.73 bits per heavy atom. The molecule has 0 spiro atoms. The molecule has 2 aliphatic heterocycles. The van der Waals surface area contributed by atoms with Gasteiger partial charge in [0, 0.05) is 63.1 Å². The summed E-state index contributed by atoms with van der Waals surface area (Å²) in [6, 6.07) is 2.09. The molecule has 0 radical (unpaired) electrons. The Labute approximate surface area is 153 Å². The lowest BCUT2D eigenvalue weighted by atomic mass is 10.2. The summed E-state index contributed by atoms with van der Waals surface area (Å²) in [5.74, 6) is 2.76. The molecule has 26 heavy (non-hydrogen) atoms. The van der Waals surface area contributed by atoms with Gasteiger partial charge in [0.1, 0.15) is 11.6 Å². The van der Waals surface area contributed by atoms with Crippen LogP contribution in [-0.2, 0) is 11.3 Å². The van der Waals surface area contributed by atoms with Crippen molar-refractivity contribution in [3.63, 3.8) is 0 Å². The predicted octanol–water partition coefficient (Wildman–Crippen LogP) is 1.24. The van der Waals surface area contributed by atoms with Gasteiger partial charge in [-0.2, -0.15) is 4.98 Å². The van der Waals surface area contributed by atoms with Crippen LogP contribution in [0.1, 0.15) is 17.0 Å². The lowest BCUT2D eigenvalue weighted by Crippen LogP contribution is -2.46. The Balaban J connectivity index is 1.40. The number of nitrogens with zero attached hydrogens (tertiary/aromatic N) is 6. The SMILES string of the molecule is Cc1cc(N2CCN(Cc3cnoc3C)CC2)nc(N2CCOCC2)n1. The van der Waals surface area contributed by atoms with Crippen molar-refractivity contribution in [2.24, 2.45) is 0 Å². The van der Waals surface area contributed by atoms with E-state index in [1.54, 1.807) is 0 Å². The van der Waals surface area contributed by atoms with Crippen LogP contribution < -0.4 is 9.80 Å². The molecule has 0 aliphatic carbocycles. The maximum Gasteiger partial charge on any atom is 0.227 e. The van der Waals surface area contributed by atoms with Gasteiger partial charge in [0.25, 0.3) is 0 Å². The van der Waals surface area contributed by atoms with Crippen molar-refractivity contribution < 1.29 is 9.26 Å². The van der Waals surface area contributed by atoms with E-state index in [0.717, 1.165) is 82.2 Å². The van der Waals surface area contributed by atoms with Crippen LogP contribution in [0.5, 0.6) is 0 Å². The number of rotatable bonds is 4. The number of ether oxygens (including phenoxy) is 1. The maximum absolute atomic E-state index is 5.44. The normalized spacial score (nSPS) is 19.2. The number of morpholine rings is 1. The van der Waals surface area contributed by atoms with Gasteiger partial charge in [0.2, 0.25) is 5.95 Å². The van der Waals surface area contributed by atoms with Crippen molar-refractivity contribution in [2.45, 2.75) is 20.4 Å². The highest BCUT2D eigenvalue weighted by atomic mass is 16.5. The third-order valence-corrected chi connectivity index (χ3v) is 5.06. The van der Waals surface area contributed by atoms with Crippen molar-refractivity contribution in [3.8, 4) is 0 Å². The molecule has 0 atom stereocenters. The fourth-order valence-electron chi connectivity index (χ4n) is 3.45. The highest BCUT2D eigenvalue weighted by molar-refractivity contribution is 5.46. The van der Waals surface area contributed by atoms with Crippen molar-refractivity contribution in [2.75, 3.05) is 62.3 Å². The smallest absolute Gasteiger partial charge is 0.227 e. The molecule has 2 aromatic heterocycles. The molecule has 0 amide bonds. The highest BCUT2D eigenvalue weighted by Gasteiger charge is 2.22.